The SMILES string of the molecule is CCN1C(=O)N(CC)C2C1NN=c1s/c(=C\c3ccc(C(F)(F)F)cc3)c(=O)n12. The minimum atomic E-state index is -4.41. The number of nitrogens with one attached hydrogen (secondary N) is 1. The van der Waals surface area contributed by atoms with Gasteiger partial charge in [0, 0.05) is 13.1 Å². The average molecular weight is 425 g/mol. The summed E-state index contributed by atoms with van der Waals surface area (Å²) in [5.74, 6) is 0. The number of thiazole rings is 1. The van der Waals surface area contributed by atoms with E-state index in [1.165, 1.54) is 22.8 Å². The molecule has 1 N–H and O–H groups in total. The average Bonchev–Trinajstić information content (AvgIpc) is 3.14. The van der Waals surface area contributed by atoms with Crippen LogP contribution in [0.3, 0.4) is 0 Å². The number of carbonyl (C=O) groups excluding carboxylic acids is 1. The number of fused-ring (bicyclic) bond motifs is 3. The Hall–Kier alpha value is -2.82. The number of hydrogen-bond donors (Lipinski definition) is 1. The van der Waals surface area contributed by atoms with E-state index in [0.717, 1.165) is 23.5 Å². The number of nitrogens with zero attached hydrogens (tertiary/aromatic N) is 4. The third-order valence-corrected chi connectivity index (χ3v) is 6.02. The molecule has 2 atom stereocenters. The Bertz CT molecular complexity index is 1120. The molecule has 7 nitrogen and oxygen atoms in total. The topological polar surface area (TPSA) is 69.9 Å². The Morgan fingerprint density at radius 3 is 2.38 bits per heavy atom. The van der Waals surface area contributed by atoms with Gasteiger partial charge >= 0.3 is 12.2 Å². The van der Waals surface area contributed by atoms with Gasteiger partial charge in [0.05, 0.1) is 10.1 Å². The molecule has 11 heteroatoms. The van der Waals surface area contributed by atoms with Gasteiger partial charge in [-0.3, -0.25) is 24.6 Å². The van der Waals surface area contributed by atoms with E-state index in [2.05, 4.69) is 10.5 Å². The quantitative estimate of drug-likeness (QED) is 0.810. The minimum Gasteiger partial charge on any atom is -0.300 e. The monoisotopic (exact) mass is 425 g/mol. The number of urea groups is 1. The molecule has 2 aromatic rings. The largest absolute Gasteiger partial charge is 0.416 e. The van der Waals surface area contributed by atoms with Gasteiger partial charge in [0.2, 0.25) is 4.80 Å². The van der Waals surface area contributed by atoms with Gasteiger partial charge in [-0.15, -0.1) is 5.10 Å². The predicted octanol–water partition coefficient (Wildman–Crippen LogP) is 1.50. The van der Waals surface area contributed by atoms with Crippen molar-refractivity contribution in [1.82, 2.24) is 19.8 Å². The third-order valence-electron chi connectivity index (χ3n) is 5.04. The summed E-state index contributed by atoms with van der Waals surface area (Å²) in [5.41, 5.74) is 2.36. The second-order valence-electron chi connectivity index (χ2n) is 6.64. The lowest BCUT2D eigenvalue weighted by Gasteiger charge is -2.29. The van der Waals surface area contributed by atoms with Crippen molar-refractivity contribution in [2.24, 2.45) is 5.10 Å². The number of benzene rings is 1. The van der Waals surface area contributed by atoms with E-state index >= 15 is 0 Å². The van der Waals surface area contributed by atoms with Gasteiger partial charge < -0.3 is 0 Å². The van der Waals surface area contributed by atoms with Crippen LogP contribution in [0.1, 0.15) is 31.1 Å². The number of likely N-dealkylation sites (N-methyl/N-ethyl adjacent to an activating group) is 2. The first-order chi connectivity index (χ1) is 13.8. The van der Waals surface area contributed by atoms with Crippen LogP contribution in [0.2, 0.25) is 0 Å². The smallest absolute Gasteiger partial charge is 0.300 e. The van der Waals surface area contributed by atoms with Gasteiger partial charge in [-0.1, -0.05) is 23.5 Å². The molecule has 0 radical (unpaired) electrons. The van der Waals surface area contributed by atoms with Crippen molar-refractivity contribution >= 4 is 23.4 Å². The highest BCUT2D eigenvalue weighted by Gasteiger charge is 2.48. The van der Waals surface area contributed by atoms with E-state index in [9.17, 15) is 22.8 Å². The number of halogens is 3. The maximum atomic E-state index is 13.1. The summed E-state index contributed by atoms with van der Waals surface area (Å²) in [6.07, 6.45) is -3.86. The summed E-state index contributed by atoms with van der Waals surface area (Å²) in [4.78, 5) is 29.3. The fourth-order valence-corrected chi connectivity index (χ4v) is 4.60. The summed E-state index contributed by atoms with van der Waals surface area (Å²) in [5, 5.41) is 4.25. The van der Waals surface area contributed by atoms with Gasteiger partial charge in [-0.25, -0.2) is 4.79 Å². The van der Waals surface area contributed by atoms with E-state index < -0.39 is 24.1 Å². The number of aromatic nitrogens is 1. The van der Waals surface area contributed by atoms with Gasteiger partial charge in [0.1, 0.15) is 0 Å². The number of amides is 2. The van der Waals surface area contributed by atoms with Crippen LogP contribution in [0.15, 0.2) is 34.2 Å². The molecule has 1 aromatic heterocycles. The molecule has 1 saturated heterocycles. The number of carbonyl (C=O) groups is 1. The van der Waals surface area contributed by atoms with E-state index in [0.29, 0.717) is 28.0 Å². The molecular weight excluding hydrogens is 407 g/mol. The predicted molar refractivity (Wildman–Crippen MR) is 100 cm³/mol. The maximum Gasteiger partial charge on any atom is 0.416 e. The van der Waals surface area contributed by atoms with Crippen molar-refractivity contribution in [2.45, 2.75) is 32.4 Å². The zero-order valence-electron chi connectivity index (χ0n) is 15.6. The van der Waals surface area contributed by atoms with E-state index in [4.69, 9.17) is 0 Å². The molecule has 154 valence electrons. The Balaban J connectivity index is 1.78. The van der Waals surface area contributed by atoms with Crippen molar-refractivity contribution in [3.05, 3.63) is 55.1 Å². The van der Waals surface area contributed by atoms with Crippen molar-refractivity contribution in [3.8, 4) is 0 Å². The first kappa shape index (κ1) is 19.5. The normalized spacial score (nSPS) is 21.7. The maximum absolute atomic E-state index is 13.1. The molecule has 1 aromatic carbocycles. The Morgan fingerprint density at radius 2 is 1.79 bits per heavy atom. The van der Waals surface area contributed by atoms with Crippen LogP contribution in [0.4, 0.5) is 18.0 Å². The van der Waals surface area contributed by atoms with Crippen molar-refractivity contribution < 1.29 is 18.0 Å². The fraction of sp³-hybridized carbons (Fsp3) is 0.389. The summed E-state index contributed by atoms with van der Waals surface area (Å²) in [6, 6.07) is 4.42. The highest BCUT2D eigenvalue weighted by molar-refractivity contribution is 7.07. The molecular formula is C18H18F3N5O2S. The Kier molecular flexibility index (Phi) is 4.64. The van der Waals surface area contributed by atoms with Gasteiger partial charge in [0.25, 0.3) is 5.56 Å². The minimum absolute atomic E-state index is 0.174. The highest BCUT2D eigenvalue weighted by atomic mass is 32.1. The second-order valence-corrected chi connectivity index (χ2v) is 7.65. The van der Waals surface area contributed by atoms with Gasteiger partial charge in [-0.05, 0) is 37.6 Å². The molecule has 0 spiro atoms. The second kappa shape index (κ2) is 6.90. The van der Waals surface area contributed by atoms with Crippen LogP contribution in [-0.4, -0.2) is 39.7 Å². The summed E-state index contributed by atoms with van der Waals surface area (Å²) in [6.45, 7) is 4.59. The molecule has 2 amide bonds. The van der Waals surface area contributed by atoms with E-state index in [-0.39, 0.29) is 11.6 Å². The molecule has 0 aliphatic carbocycles. The van der Waals surface area contributed by atoms with Gasteiger partial charge in [-0.2, -0.15) is 13.2 Å². The first-order valence-electron chi connectivity index (χ1n) is 9.07. The van der Waals surface area contributed by atoms with Crippen LogP contribution in [0, 0.1) is 0 Å². The molecule has 3 heterocycles. The van der Waals surface area contributed by atoms with E-state index in [1.807, 2.05) is 13.8 Å². The highest BCUT2D eigenvalue weighted by Crippen LogP contribution is 2.30. The van der Waals surface area contributed by atoms with Crippen LogP contribution >= 0.6 is 11.3 Å². The molecule has 29 heavy (non-hydrogen) atoms. The van der Waals surface area contributed by atoms with Crippen LogP contribution < -0.4 is 20.3 Å². The molecule has 0 saturated carbocycles. The molecule has 2 unspecified atom stereocenters. The zero-order chi connectivity index (χ0) is 20.9. The summed E-state index contributed by atoms with van der Waals surface area (Å²) in [7, 11) is 0. The van der Waals surface area contributed by atoms with Gasteiger partial charge in [0.15, 0.2) is 12.3 Å². The Morgan fingerprint density at radius 1 is 1.14 bits per heavy atom. The molecule has 4 rings (SSSR count). The molecule has 2 aliphatic heterocycles. The summed E-state index contributed by atoms with van der Waals surface area (Å²) >= 11 is 1.13. The van der Waals surface area contributed by atoms with Crippen LogP contribution in [0.25, 0.3) is 6.08 Å². The lowest BCUT2D eigenvalue weighted by atomic mass is 10.1. The van der Waals surface area contributed by atoms with Crippen molar-refractivity contribution in [2.75, 3.05) is 13.1 Å². The third kappa shape index (κ3) is 3.09. The molecule has 0 bridgehead atoms. The lowest BCUT2D eigenvalue weighted by Crippen LogP contribution is -2.53. The number of alkyl halides is 3. The number of hydrogen-bond acceptors (Lipinski definition) is 5. The van der Waals surface area contributed by atoms with Crippen LogP contribution in [-0.2, 0) is 6.18 Å². The molecule has 1 fully saturated rings. The zero-order valence-corrected chi connectivity index (χ0v) is 16.4. The van der Waals surface area contributed by atoms with E-state index in [1.54, 1.807) is 9.80 Å². The van der Waals surface area contributed by atoms with Crippen molar-refractivity contribution in [1.29, 1.82) is 0 Å². The lowest BCUT2D eigenvalue weighted by molar-refractivity contribution is -0.137. The molecule has 2 aliphatic rings. The standard InChI is InChI=1S/C18H18F3N5O2S/c1-3-24-13-14(25(4-2)17(24)28)26-15(27)12(29-16(26)23-22-13)9-10-5-7-11(8-6-10)18(19,20)21/h5-9,13-14,22H,3-4H2,1-2H3/b12-9-. The summed E-state index contributed by atoms with van der Waals surface area (Å²) < 4.78 is 40.0. The number of rotatable bonds is 3. The Labute approximate surface area is 167 Å². The fourth-order valence-electron chi connectivity index (χ4n) is 3.64. The van der Waals surface area contributed by atoms with Crippen molar-refractivity contribution in [3.63, 3.8) is 0 Å². The van der Waals surface area contributed by atoms with Crippen LogP contribution in [0.5, 0.6) is 0 Å². The first-order valence-corrected chi connectivity index (χ1v) is 9.88.